The molecule has 0 aliphatic rings. The summed E-state index contributed by atoms with van der Waals surface area (Å²) in [5.74, 6) is 0.751. The van der Waals surface area contributed by atoms with Crippen LogP contribution in [0.2, 0.25) is 0 Å². The minimum atomic E-state index is 0.000278. The van der Waals surface area contributed by atoms with Crippen molar-refractivity contribution in [1.82, 2.24) is 0 Å². The minimum absolute atomic E-state index is 0.000278. The van der Waals surface area contributed by atoms with Crippen molar-refractivity contribution < 1.29 is 4.74 Å². The molecule has 88 valence electrons. The zero-order chi connectivity index (χ0) is 12.3. The minimum Gasteiger partial charge on any atom is -0.484 e. The number of benzene rings is 2. The first-order valence-electron chi connectivity index (χ1n) is 5.75. The molecule has 0 spiro atoms. The van der Waals surface area contributed by atoms with Gasteiger partial charge in [0, 0.05) is 0 Å². The average Bonchev–Trinajstić information content (AvgIpc) is 2.36. The van der Waals surface area contributed by atoms with Gasteiger partial charge in [0.2, 0.25) is 0 Å². The molecule has 1 atom stereocenters. The third-order valence-corrected chi connectivity index (χ3v) is 2.86. The van der Waals surface area contributed by atoms with Crippen molar-refractivity contribution >= 4 is 5.69 Å². The highest BCUT2D eigenvalue weighted by molar-refractivity contribution is 5.57. The third kappa shape index (κ3) is 2.59. The monoisotopic (exact) mass is 227 g/mol. The molecule has 0 amide bonds. The van der Waals surface area contributed by atoms with Crippen LogP contribution >= 0.6 is 0 Å². The molecule has 0 bridgehead atoms. The molecule has 0 aliphatic heterocycles. The van der Waals surface area contributed by atoms with E-state index in [4.69, 9.17) is 10.5 Å². The van der Waals surface area contributed by atoms with Crippen LogP contribution in [0.1, 0.15) is 24.2 Å². The molecule has 2 aromatic carbocycles. The number of nitrogens with two attached hydrogens (primary N) is 1. The summed E-state index contributed by atoms with van der Waals surface area (Å²) in [5.41, 5.74) is 8.89. The summed E-state index contributed by atoms with van der Waals surface area (Å²) in [5, 5.41) is 0. The molecule has 0 radical (unpaired) electrons. The standard InChI is InChI=1S/C15H17NO/c1-11-7-6-10-14(15(11)16)17-12(2)13-8-4-3-5-9-13/h3-10,12H,16H2,1-2H3. The summed E-state index contributed by atoms with van der Waals surface area (Å²) in [7, 11) is 0. The predicted molar refractivity (Wildman–Crippen MR) is 71.1 cm³/mol. The van der Waals surface area contributed by atoms with Crippen molar-refractivity contribution in [2.75, 3.05) is 5.73 Å². The van der Waals surface area contributed by atoms with Crippen molar-refractivity contribution in [3.63, 3.8) is 0 Å². The first kappa shape index (κ1) is 11.5. The molecule has 17 heavy (non-hydrogen) atoms. The molecule has 0 heterocycles. The van der Waals surface area contributed by atoms with Crippen molar-refractivity contribution in [2.24, 2.45) is 0 Å². The summed E-state index contributed by atoms with van der Waals surface area (Å²) in [6, 6.07) is 16.0. The lowest BCUT2D eigenvalue weighted by molar-refractivity contribution is 0.228. The molecule has 0 aromatic heterocycles. The number of para-hydroxylation sites is 1. The number of hydrogen-bond donors (Lipinski definition) is 1. The van der Waals surface area contributed by atoms with E-state index in [0.29, 0.717) is 0 Å². The highest BCUT2D eigenvalue weighted by atomic mass is 16.5. The van der Waals surface area contributed by atoms with Crippen molar-refractivity contribution in [2.45, 2.75) is 20.0 Å². The molecule has 2 aromatic rings. The van der Waals surface area contributed by atoms with Crippen LogP contribution in [0, 0.1) is 6.92 Å². The van der Waals surface area contributed by atoms with Gasteiger partial charge in [0.05, 0.1) is 5.69 Å². The Morgan fingerprint density at radius 3 is 2.41 bits per heavy atom. The van der Waals surface area contributed by atoms with Gasteiger partial charge in [-0.15, -0.1) is 0 Å². The van der Waals surface area contributed by atoms with Crippen LogP contribution in [-0.2, 0) is 0 Å². The Kier molecular flexibility index (Phi) is 3.33. The maximum atomic E-state index is 5.98. The van der Waals surface area contributed by atoms with E-state index in [1.807, 2.05) is 50.2 Å². The lowest BCUT2D eigenvalue weighted by Gasteiger charge is -2.17. The van der Waals surface area contributed by atoms with Gasteiger partial charge in [0.25, 0.3) is 0 Å². The van der Waals surface area contributed by atoms with Crippen LogP contribution in [0.25, 0.3) is 0 Å². The van der Waals surface area contributed by atoms with Gasteiger partial charge < -0.3 is 10.5 Å². The van der Waals surface area contributed by atoms with E-state index in [0.717, 1.165) is 22.6 Å². The molecule has 0 aliphatic carbocycles. The first-order chi connectivity index (χ1) is 8.18. The Morgan fingerprint density at radius 1 is 1.00 bits per heavy atom. The Labute approximate surface area is 102 Å². The number of aryl methyl sites for hydroxylation is 1. The maximum Gasteiger partial charge on any atom is 0.143 e. The molecule has 2 N–H and O–H groups in total. The summed E-state index contributed by atoms with van der Waals surface area (Å²) in [6.45, 7) is 4.01. The normalized spacial score (nSPS) is 12.1. The fourth-order valence-electron chi connectivity index (χ4n) is 1.74. The Balaban J connectivity index is 2.19. The summed E-state index contributed by atoms with van der Waals surface area (Å²) in [6.07, 6.45) is 0.000278. The number of rotatable bonds is 3. The second kappa shape index (κ2) is 4.91. The van der Waals surface area contributed by atoms with E-state index in [9.17, 15) is 0 Å². The van der Waals surface area contributed by atoms with E-state index >= 15 is 0 Å². The van der Waals surface area contributed by atoms with Crippen LogP contribution in [0.5, 0.6) is 5.75 Å². The van der Waals surface area contributed by atoms with Gasteiger partial charge in [-0.05, 0) is 31.0 Å². The quantitative estimate of drug-likeness (QED) is 0.811. The lowest BCUT2D eigenvalue weighted by atomic mass is 10.1. The maximum absolute atomic E-state index is 5.98. The van der Waals surface area contributed by atoms with Gasteiger partial charge in [-0.2, -0.15) is 0 Å². The van der Waals surface area contributed by atoms with Crippen molar-refractivity contribution in [3.8, 4) is 5.75 Å². The number of hydrogen-bond acceptors (Lipinski definition) is 2. The second-order valence-corrected chi connectivity index (χ2v) is 4.16. The zero-order valence-corrected chi connectivity index (χ0v) is 10.2. The highest BCUT2D eigenvalue weighted by Gasteiger charge is 2.09. The Hall–Kier alpha value is -1.96. The summed E-state index contributed by atoms with van der Waals surface area (Å²) < 4.78 is 5.89. The summed E-state index contributed by atoms with van der Waals surface area (Å²) >= 11 is 0. The van der Waals surface area contributed by atoms with E-state index in [1.165, 1.54) is 0 Å². The predicted octanol–water partition coefficient (Wildman–Crippen LogP) is 3.72. The Morgan fingerprint density at radius 2 is 1.71 bits per heavy atom. The van der Waals surface area contributed by atoms with E-state index in [1.54, 1.807) is 0 Å². The van der Waals surface area contributed by atoms with Gasteiger partial charge >= 0.3 is 0 Å². The summed E-state index contributed by atoms with van der Waals surface area (Å²) in [4.78, 5) is 0. The molecule has 0 saturated heterocycles. The Bertz CT molecular complexity index is 494. The molecular formula is C15H17NO. The van der Waals surface area contributed by atoms with Gasteiger partial charge in [-0.25, -0.2) is 0 Å². The van der Waals surface area contributed by atoms with Crippen LogP contribution in [0.15, 0.2) is 48.5 Å². The number of nitrogen functional groups attached to an aromatic ring is 1. The smallest absolute Gasteiger partial charge is 0.143 e. The van der Waals surface area contributed by atoms with Crippen molar-refractivity contribution in [1.29, 1.82) is 0 Å². The van der Waals surface area contributed by atoms with Gasteiger partial charge in [-0.3, -0.25) is 0 Å². The molecule has 2 rings (SSSR count). The lowest BCUT2D eigenvalue weighted by Crippen LogP contribution is -2.05. The topological polar surface area (TPSA) is 35.2 Å². The van der Waals surface area contributed by atoms with Crippen LogP contribution < -0.4 is 10.5 Å². The van der Waals surface area contributed by atoms with Crippen LogP contribution in [-0.4, -0.2) is 0 Å². The molecule has 1 unspecified atom stereocenters. The molecule has 0 saturated carbocycles. The SMILES string of the molecule is Cc1cccc(OC(C)c2ccccc2)c1N. The largest absolute Gasteiger partial charge is 0.484 e. The highest BCUT2D eigenvalue weighted by Crippen LogP contribution is 2.29. The van der Waals surface area contributed by atoms with Gasteiger partial charge in [-0.1, -0.05) is 42.5 Å². The van der Waals surface area contributed by atoms with Crippen molar-refractivity contribution in [3.05, 3.63) is 59.7 Å². The fourth-order valence-corrected chi connectivity index (χ4v) is 1.74. The van der Waals surface area contributed by atoms with Gasteiger partial charge in [0.15, 0.2) is 0 Å². The van der Waals surface area contributed by atoms with Gasteiger partial charge in [0.1, 0.15) is 11.9 Å². The first-order valence-corrected chi connectivity index (χ1v) is 5.75. The molecular weight excluding hydrogens is 210 g/mol. The second-order valence-electron chi connectivity index (χ2n) is 4.16. The number of ether oxygens (including phenoxy) is 1. The fraction of sp³-hybridized carbons (Fsp3) is 0.200. The third-order valence-electron chi connectivity index (χ3n) is 2.86. The molecule has 2 nitrogen and oxygen atoms in total. The molecule has 0 fully saturated rings. The van der Waals surface area contributed by atoms with E-state index in [2.05, 4.69) is 12.1 Å². The zero-order valence-electron chi connectivity index (χ0n) is 10.2. The van der Waals surface area contributed by atoms with Crippen LogP contribution in [0.3, 0.4) is 0 Å². The number of anilines is 1. The van der Waals surface area contributed by atoms with E-state index < -0.39 is 0 Å². The van der Waals surface area contributed by atoms with E-state index in [-0.39, 0.29) is 6.10 Å². The average molecular weight is 227 g/mol. The molecule has 2 heteroatoms. The van der Waals surface area contributed by atoms with Crippen LogP contribution in [0.4, 0.5) is 5.69 Å².